The second-order valence-corrected chi connectivity index (χ2v) is 7.83. The van der Waals surface area contributed by atoms with Crippen molar-refractivity contribution in [1.29, 1.82) is 0 Å². The molecule has 9 nitrogen and oxygen atoms in total. The van der Waals surface area contributed by atoms with Crippen LogP contribution in [0, 0.1) is 0 Å². The first kappa shape index (κ1) is 22.7. The van der Waals surface area contributed by atoms with Crippen molar-refractivity contribution in [3.05, 3.63) is 29.0 Å². The molecule has 0 spiro atoms. The van der Waals surface area contributed by atoms with Gasteiger partial charge in [0.15, 0.2) is 10.9 Å². The summed E-state index contributed by atoms with van der Waals surface area (Å²) in [5, 5.41) is 16.5. The van der Waals surface area contributed by atoms with E-state index in [0.717, 1.165) is 29.2 Å². The minimum absolute atomic E-state index is 0.187. The molecule has 0 saturated carbocycles. The van der Waals surface area contributed by atoms with E-state index in [9.17, 15) is 4.79 Å². The highest BCUT2D eigenvalue weighted by atomic mass is 32.2. The third kappa shape index (κ3) is 6.72. The summed E-state index contributed by atoms with van der Waals surface area (Å²) in [4.78, 5) is 20.4. The van der Waals surface area contributed by atoms with Gasteiger partial charge in [-0.25, -0.2) is 0 Å². The van der Waals surface area contributed by atoms with Gasteiger partial charge < -0.3 is 25.6 Å². The zero-order valence-electron chi connectivity index (χ0n) is 16.3. The highest BCUT2D eigenvalue weighted by molar-refractivity contribution is 7.98. The molecule has 0 bridgehead atoms. The lowest BCUT2D eigenvalue weighted by molar-refractivity contribution is -0.134. The molecule has 2 aromatic heterocycles. The van der Waals surface area contributed by atoms with E-state index < -0.39 is 11.9 Å². The first-order chi connectivity index (χ1) is 12.5. The largest absolute Gasteiger partial charge is 0.481 e. The molecule has 1 amide bonds. The fourth-order valence-corrected chi connectivity index (χ4v) is 3.15. The van der Waals surface area contributed by atoms with Gasteiger partial charge in [-0.15, -0.1) is 10.2 Å². The number of furan rings is 1. The van der Waals surface area contributed by atoms with Crippen LogP contribution < -0.4 is 11.5 Å². The van der Waals surface area contributed by atoms with Crippen LogP contribution in [0.25, 0.3) is 0 Å². The van der Waals surface area contributed by atoms with Crippen molar-refractivity contribution in [2.24, 2.45) is 18.5 Å². The van der Waals surface area contributed by atoms with Gasteiger partial charge in [-0.3, -0.25) is 9.59 Å². The van der Waals surface area contributed by atoms with Crippen molar-refractivity contribution in [3.8, 4) is 0 Å². The van der Waals surface area contributed by atoms with Gasteiger partial charge in [0, 0.05) is 37.1 Å². The minimum Gasteiger partial charge on any atom is -0.481 e. The second-order valence-electron chi connectivity index (χ2n) is 6.88. The SMILES string of the molecule is CC(=O)O.Cn1c(CCN)nnc1SCc1cc(C(N)=O)oc1C(C)(C)C. The molecule has 2 heterocycles. The van der Waals surface area contributed by atoms with Gasteiger partial charge in [0.05, 0.1) is 0 Å². The molecule has 0 saturated heterocycles. The lowest BCUT2D eigenvalue weighted by Crippen LogP contribution is -2.13. The van der Waals surface area contributed by atoms with Crippen LogP contribution in [0.5, 0.6) is 0 Å². The van der Waals surface area contributed by atoms with Crippen molar-refractivity contribution in [1.82, 2.24) is 14.8 Å². The number of amides is 1. The molecule has 5 N–H and O–H groups in total. The summed E-state index contributed by atoms with van der Waals surface area (Å²) in [6, 6.07) is 1.72. The Morgan fingerprint density at radius 1 is 1.33 bits per heavy atom. The molecule has 2 aromatic rings. The van der Waals surface area contributed by atoms with Crippen LogP contribution in [0.2, 0.25) is 0 Å². The Morgan fingerprint density at radius 2 is 1.93 bits per heavy atom. The third-order valence-electron chi connectivity index (χ3n) is 3.38. The molecule has 0 unspecified atom stereocenters. The Morgan fingerprint density at radius 3 is 2.41 bits per heavy atom. The number of carboxylic acid groups (broad SMARTS) is 1. The molecule has 0 aromatic carbocycles. The summed E-state index contributed by atoms with van der Waals surface area (Å²) in [5.74, 6) is 1.04. The molecule has 27 heavy (non-hydrogen) atoms. The normalized spacial score (nSPS) is 11.0. The molecule has 10 heteroatoms. The average molecular weight is 398 g/mol. The van der Waals surface area contributed by atoms with Crippen molar-refractivity contribution in [2.75, 3.05) is 6.54 Å². The maximum absolute atomic E-state index is 11.4. The fraction of sp³-hybridized carbons (Fsp3) is 0.529. The van der Waals surface area contributed by atoms with E-state index in [-0.39, 0.29) is 11.2 Å². The predicted molar refractivity (Wildman–Crippen MR) is 103 cm³/mol. The van der Waals surface area contributed by atoms with E-state index in [1.807, 2.05) is 32.4 Å². The van der Waals surface area contributed by atoms with Crippen molar-refractivity contribution in [3.63, 3.8) is 0 Å². The number of thioether (sulfide) groups is 1. The Hall–Kier alpha value is -2.33. The summed E-state index contributed by atoms with van der Waals surface area (Å²) in [6.45, 7) is 7.72. The summed E-state index contributed by atoms with van der Waals surface area (Å²) in [6.07, 6.45) is 0.689. The summed E-state index contributed by atoms with van der Waals surface area (Å²) in [7, 11) is 1.92. The molecule has 150 valence electrons. The van der Waals surface area contributed by atoms with E-state index in [1.54, 1.807) is 6.07 Å². The highest BCUT2D eigenvalue weighted by Gasteiger charge is 2.25. The van der Waals surface area contributed by atoms with Gasteiger partial charge in [-0.05, 0) is 12.6 Å². The number of nitrogens with two attached hydrogens (primary N) is 2. The zero-order valence-corrected chi connectivity index (χ0v) is 17.1. The summed E-state index contributed by atoms with van der Waals surface area (Å²) in [5.41, 5.74) is 11.6. The van der Waals surface area contributed by atoms with Crippen molar-refractivity contribution in [2.45, 2.75) is 50.4 Å². The number of primary amides is 1. The first-order valence-electron chi connectivity index (χ1n) is 8.31. The highest BCUT2D eigenvalue weighted by Crippen LogP contribution is 2.32. The topological polar surface area (TPSA) is 150 Å². The molecule has 0 aliphatic rings. The Bertz CT molecular complexity index is 788. The number of aliphatic carboxylic acids is 1. The quantitative estimate of drug-likeness (QED) is 0.623. The second kappa shape index (κ2) is 9.56. The molecular formula is C17H27N5O4S. The predicted octanol–water partition coefficient (Wildman–Crippen LogP) is 1.69. The summed E-state index contributed by atoms with van der Waals surface area (Å²) < 4.78 is 7.59. The Balaban J connectivity index is 0.000000828. The Kier molecular flexibility index (Phi) is 8.04. The standard InChI is InChI=1S/C15H23N5O2S.C2H4O2/c1-15(2,3)12-9(7-10(22-12)13(17)21)8-23-14-19-18-11(5-6-16)20(14)4;1-2(3)4/h7H,5-6,8,16H2,1-4H3,(H2,17,21);1H3,(H,3,4). The number of carbonyl (C=O) groups is 2. The van der Waals surface area contributed by atoms with Crippen LogP contribution in [-0.2, 0) is 29.4 Å². The van der Waals surface area contributed by atoms with E-state index in [1.165, 1.54) is 11.8 Å². The number of hydrogen-bond acceptors (Lipinski definition) is 7. The van der Waals surface area contributed by atoms with Gasteiger partial charge in [-0.1, -0.05) is 32.5 Å². The van der Waals surface area contributed by atoms with Crippen molar-refractivity contribution >= 4 is 23.6 Å². The number of rotatable bonds is 6. The number of nitrogens with zero attached hydrogens (tertiary/aromatic N) is 3. The van der Waals surface area contributed by atoms with Crippen LogP contribution in [0.4, 0.5) is 0 Å². The van der Waals surface area contributed by atoms with E-state index in [4.69, 9.17) is 25.8 Å². The van der Waals surface area contributed by atoms with Gasteiger partial charge in [0.25, 0.3) is 11.9 Å². The van der Waals surface area contributed by atoms with Crippen LogP contribution >= 0.6 is 11.8 Å². The van der Waals surface area contributed by atoms with Gasteiger partial charge in [0.2, 0.25) is 0 Å². The fourth-order valence-electron chi connectivity index (χ4n) is 2.25. The maximum atomic E-state index is 11.4. The number of hydrogen-bond donors (Lipinski definition) is 3. The van der Waals surface area contributed by atoms with Crippen molar-refractivity contribution < 1.29 is 19.1 Å². The van der Waals surface area contributed by atoms with Crippen LogP contribution in [0.15, 0.2) is 15.6 Å². The average Bonchev–Trinajstić information content (AvgIpc) is 3.10. The monoisotopic (exact) mass is 397 g/mol. The smallest absolute Gasteiger partial charge is 0.300 e. The van der Waals surface area contributed by atoms with Crippen LogP contribution in [0.1, 0.15) is 55.4 Å². The van der Waals surface area contributed by atoms with E-state index in [2.05, 4.69) is 10.2 Å². The maximum Gasteiger partial charge on any atom is 0.300 e. The molecule has 2 rings (SSSR count). The first-order valence-corrected chi connectivity index (χ1v) is 9.29. The van der Waals surface area contributed by atoms with Crippen LogP contribution in [0.3, 0.4) is 0 Å². The van der Waals surface area contributed by atoms with E-state index in [0.29, 0.717) is 18.7 Å². The molecule has 0 fully saturated rings. The minimum atomic E-state index is -0.833. The lowest BCUT2D eigenvalue weighted by atomic mass is 9.91. The van der Waals surface area contributed by atoms with Gasteiger partial charge in [-0.2, -0.15) is 0 Å². The van der Waals surface area contributed by atoms with Gasteiger partial charge >= 0.3 is 0 Å². The zero-order chi connectivity index (χ0) is 20.8. The number of carboxylic acids is 1. The van der Waals surface area contributed by atoms with E-state index >= 15 is 0 Å². The molecule has 0 atom stereocenters. The lowest BCUT2D eigenvalue weighted by Gasteiger charge is -2.17. The van der Waals surface area contributed by atoms with Crippen LogP contribution in [-0.4, -0.2) is 38.3 Å². The third-order valence-corrected chi connectivity index (χ3v) is 4.45. The summed E-state index contributed by atoms with van der Waals surface area (Å²) >= 11 is 1.54. The number of aromatic nitrogens is 3. The number of carbonyl (C=O) groups excluding carboxylic acids is 1. The molecular weight excluding hydrogens is 370 g/mol. The molecule has 0 aliphatic carbocycles. The van der Waals surface area contributed by atoms with Gasteiger partial charge in [0.1, 0.15) is 11.6 Å². The molecule has 0 aliphatic heterocycles. The Labute approximate surface area is 162 Å². The molecule has 0 radical (unpaired) electrons.